The van der Waals surface area contributed by atoms with E-state index < -0.39 is 30.1 Å². The van der Waals surface area contributed by atoms with Crippen molar-refractivity contribution in [1.82, 2.24) is 0 Å². The van der Waals surface area contributed by atoms with Crippen molar-refractivity contribution in [1.29, 1.82) is 0 Å². The van der Waals surface area contributed by atoms with Crippen molar-refractivity contribution in [3.63, 3.8) is 0 Å². The van der Waals surface area contributed by atoms with Gasteiger partial charge in [0.2, 0.25) is 5.91 Å². The number of nitrogens with zero attached hydrogens (tertiary/aromatic N) is 1. The Labute approximate surface area is 102 Å². The number of nitro groups is 1. The number of nitro benzene ring substituents is 1. The van der Waals surface area contributed by atoms with E-state index in [1.54, 1.807) is 0 Å². The third kappa shape index (κ3) is 3.15. The second kappa shape index (κ2) is 5.94. The lowest BCUT2D eigenvalue weighted by Crippen LogP contribution is -2.28. The first kappa shape index (κ1) is 13.9. The van der Waals surface area contributed by atoms with Gasteiger partial charge in [0, 0.05) is 11.6 Å². The Bertz CT molecular complexity index is 459. The van der Waals surface area contributed by atoms with E-state index >= 15 is 0 Å². The SMILES string of the molecule is NC(=O)c1ccc([N+](=O)[O-])c(NC(CO)CO)c1. The summed E-state index contributed by atoms with van der Waals surface area (Å²) in [7, 11) is 0. The number of primary amides is 1. The van der Waals surface area contributed by atoms with E-state index in [9.17, 15) is 14.9 Å². The Morgan fingerprint density at radius 3 is 2.50 bits per heavy atom. The molecule has 1 aromatic rings. The zero-order valence-electron chi connectivity index (χ0n) is 9.37. The first-order valence-electron chi connectivity index (χ1n) is 5.06. The maximum absolute atomic E-state index is 11.0. The molecule has 0 fully saturated rings. The number of rotatable bonds is 6. The normalized spacial score (nSPS) is 10.4. The summed E-state index contributed by atoms with van der Waals surface area (Å²) < 4.78 is 0. The average Bonchev–Trinajstić information content (AvgIpc) is 2.35. The Morgan fingerprint density at radius 1 is 1.44 bits per heavy atom. The van der Waals surface area contributed by atoms with E-state index in [0.717, 1.165) is 6.07 Å². The van der Waals surface area contributed by atoms with Crippen molar-refractivity contribution in [3.05, 3.63) is 33.9 Å². The molecule has 0 aliphatic heterocycles. The van der Waals surface area contributed by atoms with Crippen LogP contribution in [0, 0.1) is 10.1 Å². The van der Waals surface area contributed by atoms with Crippen LogP contribution >= 0.6 is 0 Å². The van der Waals surface area contributed by atoms with Gasteiger partial charge in [0.05, 0.1) is 24.2 Å². The molecule has 0 aliphatic rings. The smallest absolute Gasteiger partial charge is 0.292 e. The quantitative estimate of drug-likeness (QED) is 0.397. The number of carbonyl (C=O) groups excluding carboxylic acids is 1. The number of amides is 1. The Kier molecular flexibility index (Phi) is 4.58. The van der Waals surface area contributed by atoms with Gasteiger partial charge in [0.1, 0.15) is 5.69 Å². The van der Waals surface area contributed by atoms with Crippen LogP contribution in [0.5, 0.6) is 0 Å². The van der Waals surface area contributed by atoms with Gasteiger partial charge in [-0.3, -0.25) is 14.9 Å². The van der Waals surface area contributed by atoms with Crippen LogP contribution in [0.1, 0.15) is 10.4 Å². The van der Waals surface area contributed by atoms with Crippen molar-refractivity contribution in [2.45, 2.75) is 6.04 Å². The van der Waals surface area contributed by atoms with Crippen molar-refractivity contribution in [3.8, 4) is 0 Å². The standard InChI is InChI=1S/C10H13N3O5/c11-10(16)6-1-2-9(13(17)18)8(3-6)12-7(4-14)5-15/h1-3,7,12,14-15H,4-5H2,(H2,11,16). The highest BCUT2D eigenvalue weighted by Gasteiger charge is 2.18. The van der Waals surface area contributed by atoms with E-state index in [1.807, 2.05) is 0 Å². The summed E-state index contributed by atoms with van der Waals surface area (Å²) >= 11 is 0. The fourth-order valence-corrected chi connectivity index (χ4v) is 1.33. The monoisotopic (exact) mass is 255 g/mol. The zero-order valence-corrected chi connectivity index (χ0v) is 9.37. The molecule has 0 aromatic heterocycles. The Hall–Kier alpha value is -2.19. The summed E-state index contributed by atoms with van der Waals surface area (Å²) in [5.41, 5.74) is 4.91. The van der Waals surface area contributed by atoms with Gasteiger partial charge in [-0.15, -0.1) is 0 Å². The van der Waals surface area contributed by atoms with Crippen LogP contribution in [0.3, 0.4) is 0 Å². The van der Waals surface area contributed by atoms with Gasteiger partial charge in [-0.2, -0.15) is 0 Å². The van der Waals surface area contributed by atoms with Gasteiger partial charge in [-0.05, 0) is 12.1 Å². The molecule has 0 bridgehead atoms. The number of aliphatic hydroxyl groups excluding tert-OH is 2. The van der Waals surface area contributed by atoms with Gasteiger partial charge in [0.25, 0.3) is 5.69 Å². The molecule has 1 rings (SSSR count). The van der Waals surface area contributed by atoms with Crippen molar-refractivity contribution in [2.24, 2.45) is 5.73 Å². The number of benzene rings is 1. The highest BCUT2D eigenvalue weighted by Crippen LogP contribution is 2.26. The minimum absolute atomic E-state index is 0.0180. The Morgan fingerprint density at radius 2 is 2.06 bits per heavy atom. The largest absolute Gasteiger partial charge is 0.394 e. The first-order chi connectivity index (χ1) is 8.49. The van der Waals surface area contributed by atoms with Gasteiger partial charge in [-0.1, -0.05) is 0 Å². The number of nitrogens with one attached hydrogen (secondary N) is 1. The van der Waals surface area contributed by atoms with Crippen molar-refractivity contribution < 1.29 is 19.9 Å². The highest BCUT2D eigenvalue weighted by atomic mass is 16.6. The summed E-state index contributed by atoms with van der Waals surface area (Å²) in [4.78, 5) is 21.1. The van der Waals surface area contributed by atoms with Gasteiger partial charge < -0.3 is 21.3 Å². The minimum Gasteiger partial charge on any atom is -0.394 e. The van der Waals surface area contributed by atoms with Crippen LogP contribution in [0.25, 0.3) is 0 Å². The molecule has 0 saturated heterocycles. The summed E-state index contributed by atoms with van der Waals surface area (Å²) in [6.45, 7) is -0.817. The van der Waals surface area contributed by atoms with E-state index in [-0.39, 0.29) is 16.9 Å². The molecule has 1 aromatic carbocycles. The maximum Gasteiger partial charge on any atom is 0.292 e. The first-order valence-corrected chi connectivity index (χ1v) is 5.06. The molecule has 98 valence electrons. The fourth-order valence-electron chi connectivity index (χ4n) is 1.33. The highest BCUT2D eigenvalue weighted by molar-refractivity contribution is 5.94. The van der Waals surface area contributed by atoms with E-state index in [0.29, 0.717) is 0 Å². The van der Waals surface area contributed by atoms with Crippen LogP contribution in [0.2, 0.25) is 0 Å². The van der Waals surface area contributed by atoms with Gasteiger partial charge in [0.15, 0.2) is 0 Å². The van der Waals surface area contributed by atoms with Crippen molar-refractivity contribution >= 4 is 17.3 Å². The number of hydrogen-bond acceptors (Lipinski definition) is 6. The zero-order chi connectivity index (χ0) is 13.7. The Balaban J connectivity index is 3.14. The minimum atomic E-state index is -0.758. The fraction of sp³-hybridized carbons (Fsp3) is 0.300. The summed E-state index contributed by atoms with van der Waals surface area (Å²) in [6, 6.07) is 2.82. The van der Waals surface area contributed by atoms with E-state index in [2.05, 4.69) is 5.32 Å². The molecule has 8 nitrogen and oxygen atoms in total. The van der Waals surface area contributed by atoms with E-state index in [4.69, 9.17) is 15.9 Å². The predicted octanol–water partition coefficient (Wildman–Crippen LogP) is -0.541. The molecule has 0 heterocycles. The topological polar surface area (TPSA) is 139 Å². The molecule has 0 atom stereocenters. The average molecular weight is 255 g/mol. The number of carbonyl (C=O) groups is 1. The molecule has 5 N–H and O–H groups in total. The summed E-state index contributed by atoms with van der Waals surface area (Å²) in [5.74, 6) is -0.725. The molecule has 18 heavy (non-hydrogen) atoms. The number of nitrogens with two attached hydrogens (primary N) is 1. The predicted molar refractivity (Wildman–Crippen MR) is 63.2 cm³/mol. The van der Waals surface area contributed by atoms with E-state index in [1.165, 1.54) is 12.1 Å². The molecule has 0 aliphatic carbocycles. The van der Waals surface area contributed by atoms with Crippen molar-refractivity contribution in [2.75, 3.05) is 18.5 Å². The maximum atomic E-state index is 11.0. The second-order valence-corrected chi connectivity index (χ2v) is 3.56. The summed E-state index contributed by atoms with van der Waals surface area (Å²) in [6.07, 6.45) is 0. The molecule has 0 unspecified atom stereocenters. The molecule has 0 spiro atoms. The van der Waals surface area contributed by atoms with Crippen LogP contribution in [-0.4, -0.2) is 40.3 Å². The molecule has 8 heteroatoms. The second-order valence-electron chi connectivity index (χ2n) is 3.56. The third-order valence-corrected chi connectivity index (χ3v) is 2.28. The number of anilines is 1. The van der Waals surface area contributed by atoms with Crippen LogP contribution in [0.15, 0.2) is 18.2 Å². The number of hydrogen-bond donors (Lipinski definition) is 4. The lowest BCUT2D eigenvalue weighted by Gasteiger charge is -2.15. The van der Waals surface area contributed by atoms with Crippen LogP contribution < -0.4 is 11.1 Å². The molecule has 0 radical (unpaired) electrons. The van der Waals surface area contributed by atoms with Gasteiger partial charge >= 0.3 is 0 Å². The lowest BCUT2D eigenvalue weighted by molar-refractivity contribution is -0.384. The van der Waals surface area contributed by atoms with Crippen LogP contribution in [0.4, 0.5) is 11.4 Å². The molecular weight excluding hydrogens is 242 g/mol. The summed E-state index contributed by atoms with van der Waals surface area (Å²) in [5, 5.41) is 31.2. The number of aliphatic hydroxyl groups is 2. The third-order valence-electron chi connectivity index (χ3n) is 2.28. The molecule has 1 amide bonds. The molecule has 0 saturated carbocycles. The van der Waals surface area contributed by atoms with Gasteiger partial charge in [-0.25, -0.2) is 0 Å². The van der Waals surface area contributed by atoms with Crippen LogP contribution in [-0.2, 0) is 0 Å². The lowest BCUT2D eigenvalue weighted by atomic mass is 10.1. The molecular formula is C10H13N3O5.